The van der Waals surface area contributed by atoms with E-state index in [4.69, 9.17) is 0 Å². The Bertz CT molecular complexity index is 1150. The number of aromatic nitrogens is 2. The zero-order chi connectivity index (χ0) is 18.8. The Hall–Kier alpha value is -2.84. The third kappa shape index (κ3) is 3.67. The molecule has 0 bridgehead atoms. The summed E-state index contributed by atoms with van der Waals surface area (Å²) in [6, 6.07) is 9.81. The minimum atomic E-state index is -0.337. The van der Waals surface area contributed by atoms with Gasteiger partial charge in [0.2, 0.25) is 5.91 Å². The molecule has 5 nitrogen and oxygen atoms in total. The lowest BCUT2D eigenvalue weighted by Crippen LogP contribution is -2.31. The van der Waals surface area contributed by atoms with Crippen LogP contribution < -0.4 is 10.9 Å². The summed E-state index contributed by atoms with van der Waals surface area (Å²) in [6.07, 6.45) is 1.39. The molecule has 4 rings (SSSR count). The Balaban J connectivity index is 1.61. The molecule has 0 spiro atoms. The van der Waals surface area contributed by atoms with Crippen molar-refractivity contribution < 1.29 is 9.18 Å². The third-order valence-electron chi connectivity index (χ3n) is 4.07. The van der Waals surface area contributed by atoms with Crippen molar-refractivity contribution in [3.8, 4) is 11.1 Å². The molecule has 1 amide bonds. The number of nitrogens with zero attached hydrogens (tertiary/aromatic N) is 2. The van der Waals surface area contributed by atoms with Crippen molar-refractivity contribution in [3.63, 3.8) is 0 Å². The van der Waals surface area contributed by atoms with Crippen LogP contribution in [-0.2, 0) is 17.9 Å². The molecule has 0 aliphatic heterocycles. The van der Waals surface area contributed by atoms with Crippen LogP contribution in [0.4, 0.5) is 4.39 Å². The van der Waals surface area contributed by atoms with Crippen LogP contribution >= 0.6 is 22.7 Å². The van der Waals surface area contributed by atoms with Gasteiger partial charge in [0.25, 0.3) is 5.56 Å². The van der Waals surface area contributed by atoms with Gasteiger partial charge in [0.1, 0.15) is 17.2 Å². The van der Waals surface area contributed by atoms with Gasteiger partial charge in [-0.2, -0.15) is 0 Å². The van der Waals surface area contributed by atoms with E-state index >= 15 is 0 Å². The minimum Gasteiger partial charge on any atom is -0.350 e. The Morgan fingerprint density at radius 1 is 1.19 bits per heavy atom. The first-order valence-corrected chi connectivity index (χ1v) is 9.89. The summed E-state index contributed by atoms with van der Waals surface area (Å²) in [7, 11) is 0. The molecule has 136 valence electrons. The van der Waals surface area contributed by atoms with E-state index in [0.29, 0.717) is 22.3 Å². The molecule has 0 atom stereocenters. The zero-order valence-corrected chi connectivity index (χ0v) is 15.6. The summed E-state index contributed by atoms with van der Waals surface area (Å²) in [5.41, 5.74) is 1.15. The number of hydrogen-bond donors (Lipinski definition) is 1. The van der Waals surface area contributed by atoms with E-state index in [1.165, 1.54) is 34.4 Å². The van der Waals surface area contributed by atoms with Crippen LogP contribution in [0.3, 0.4) is 0 Å². The Morgan fingerprint density at radius 2 is 2.00 bits per heavy atom. The molecule has 1 aromatic carbocycles. The van der Waals surface area contributed by atoms with Crippen LogP contribution in [0, 0.1) is 5.82 Å². The fourth-order valence-electron chi connectivity index (χ4n) is 2.73. The number of thiophene rings is 2. The fraction of sp³-hybridized carbons (Fsp3) is 0.105. The molecular weight excluding hydrogens is 385 g/mol. The van der Waals surface area contributed by atoms with Gasteiger partial charge < -0.3 is 5.32 Å². The number of carbonyl (C=O) groups is 1. The zero-order valence-electron chi connectivity index (χ0n) is 14.0. The molecule has 0 aliphatic rings. The highest BCUT2D eigenvalue weighted by atomic mass is 32.1. The van der Waals surface area contributed by atoms with Crippen LogP contribution in [0.1, 0.15) is 4.88 Å². The quantitative estimate of drug-likeness (QED) is 0.557. The van der Waals surface area contributed by atoms with E-state index in [1.807, 2.05) is 22.9 Å². The lowest BCUT2D eigenvalue weighted by molar-refractivity contribution is -0.121. The second kappa shape index (κ2) is 7.42. The largest absolute Gasteiger partial charge is 0.350 e. The molecule has 4 aromatic rings. The number of rotatable bonds is 5. The smallest absolute Gasteiger partial charge is 0.263 e. The first kappa shape index (κ1) is 17.6. The van der Waals surface area contributed by atoms with Gasteiger partial charge >= 0.3 is 0 Å². The van der Waals surface area contributed by atoms with Gasteiger partial charge in [-0.1, -0.05) is 18.2 Å². The molecule has 0 saturated carbocycles. The highest BCUT2D eigenvalue weighted by Gasteiger charge is 2.14. The molecule has 0 fully saturated rings. The molecule has 0 aliphatic carbocycles. The van der Waals surface area contributed by atoms with E-state index in [-0.39, 0.29) is 23.8 Å². The van der Waals surface area contributed by atoms with Gasteiger partial charge in [0.05, 0.1) is 18.3 Å². The van der Waals surface area contributed by atoms with Crippen LogP contribution in [0.15, 0.2) is 58.3 Å². The van der Waals surface area contributed by atoms with E-state index < -0.39 is 0 Å². The van der Waals surface area contributed by atoms with Crippen LogP contribution in [0.2, 0.25) is 0 Å². The molecule has 0 saturated heterocycles. The normalized spacial score (nSPS) is 11.0. The summed E-state index contributed by atoms with van der Waals surface area (Å²) in [6.45, 7) is 0.325. The minimum absolute atomic E-state index is 0.105. The number of amides is 1. The van der Waals surface area contributed by atoms with Crippen LogP contribution in [0.5, 0.6) is 0 Å². The predicted molar refractivity (Wildman–Crippen MR) is 105 cm³/mol. The molecule has 8 heteroatoms. The molecular formula is C19H14FN3O2S2. The number of halogens is 1. The highest BCUT2D eigenvalue weighted by Crippen LogP contribution is 2.30. The van der Waals surface area contributed by atoms with E-state index in [2.05, 4.69) is 10.3 Å². The van der Waals surface area contributed by atoms with Gasteiger partial charge in [0, 0.05) is 15.8 Å². The molecule has 0 radical (unpaired) electrons. The summed E-state index contributed by atoms with van der Waals surface area (Å²) in [5.74, 6) is -0.596. The Morgan fingerprint density at radius 3 is 2.74 bits per heavy atom. The van der Waals surface area contributed by atoms with Crippen molar-refractivity contribution in [2.24, 2.45) is 0 Å². The molecule has 27 heavy (non-hydrogen) atoms. The first-order valence-electron chi connectivity index (χ1n) is 8.13. The Kier molecular flexibility index (Phi) is 4.83. The van der Waals surface area contributed by atoms with Crippen molar-refractivity contribution in [1.29, 1.82) is 0 Å². The fourth-order valence-corrected chi connectivity index (χ4v) is 4.28. The predicted octanol–water partition coefficient (Wildman–Crippen LogP) is 3.64. The monoisotopic (exact) mass is 399 g/mol. The molecule has 1 N–H and O–H groups in total. The van der Waals surface area contributed by atoms with Gasteiger partial charge in [0.15, 0.2) is 0 Å². The van der Waals surface area contributed by atoms with Gasteiger partial charge in [-0.3, -0.25) is 14.2 Å². The van der Waals surface area contributed by atoms with Crippen molar-refractivity contribution in [3.05, 3.63) is 74.5 Å². The van der Waals surface area contributed by atoms with Gasteiger partial charge in [-0.05, 0) is 29.1 Å². The Labute approximate surface area is 161 Å². The summed E-state index contributed by atoms with van der Waals surface area (Å²) < 4.78 is 14.5. The molecule has 3 aromatic heterocycles. The lowest BCUT2D eigenvalue weighted by Gasteiger charge is -2.07. The van der Waals surface area contributed by atoms with Crippen molar-refractivity contribution >= 4 is 38.8 Å². The van der Waals surface area contributed by atoms with Crippen molar-refractivity contribution in [1.82, 2.24) is 14.9 Å². The highest BCUT2D eigenvalue weighted by molar-refractivity contribution is 7.17. The average Bonchev–Trinajstić information content (AvgIpc) is 3.33. The number of carbonyl (C=O) groups excluding carboxylic acids is 1. The van der Waals surface area contributed by atoms with Gasteiger partial charge in [-0.25, -0.2) is 9.37 Å². The van der Waals surface area contributed by atoms with Gasteiger partial charge in [-0.15, -0.1) is 22.7 Å². The van der Waals surface area contributed by atoms with Crippen molar-refractivity contribution in [2.75, 3.05) is 0 Å². The van der Waals surface area contributed by atoms with Crippen LogP contribution in [-0.4, -0.2) is 15.5 Å². The van der Waals surface area contributed by atoms with E-state index in [0.717, 1.165) is 10.4 Å². The number of hydrogen-bond acceptors (Lipinski definition) is 5. The van der Waals surface area contributed by atoms with Crippen molar-refractivity contribution in [2.45, 2.75) is 13.1 Å². The summed E-state index contributed by atoms with van der Waals surface area (Å²) >= 11 is 2.90. The first-order chi connectivity index (χ1) is 13.1. The number of benzene rings is 1. The maximum absolute atomic E-state index is 13.2. The summed E-state index contributed by atoms with van der Waals surface area (Å²) in [5, 5.41) is 7.01. The SMILES string of the molecule is O=C(Cn1cnc2scc(-c3ccc(F)cc3)c2c1=O)NCc1cccs1. The maximum Gasteiger partial charge on any atom is 0.263 e. The van der Waals surface area contributed by atoms with Crippen LogP contribution in [0.25, 0.3) is 21.3 Å². The second-order valence-corrected chi connectivity index (χ2v) is 7.76. The number of nitrogens with one attached hydrogen (secondary N) is 1. The standard InChI is InChI=1S/C19H14FN3O2S2/c20-13-5-3-12(4-6-13)15-10-27-18-17(15)19(25)23(11-22-18)9-16(24)21-8-14-2-1-7-26-14/h1-7,10-11H,8-9H2,(H,21,24). The summed E-state index contributed by atoms with van der Waals surface area (Å²) in [4.78, 5) is 31.0. The van der Waals surface area contributed by atoms with E-state index in [1.54, 1.807) is 23.5 Å². The van der Waals surface area contributed by atoms with E-state index in [9.17, 15) is 14.0 Å². The molecule has 0 unspecified atom stereocenters. The topological polar surface area (TPSA) is 64.0 Å². The number of fused-ring (bicyclic) bond motifs is 1. The second-order valence-electron chi connectivity index (χ2n) is 5.87. The lowest BCUT2D eigenvalue weighted by atomic mass is 10.1. The third-order valence-corrected chi connectivity index (χ3v) is 5.83. The average molecular weight is 399 g/mol. The molecule has 3 heterocycles. The maximum atomic E-state index is 13.2.